The SMILES string of the molecule is N/C(=N/O)c1cc([N+](=O)[O-])ccc1SCC1CCCO1. The molecule has 1 heterocycles. The normalized spacial score (nSPS) is 19.2. The van der Waals surface area contributed by atoms with Crippen molar-refractivity contribution in [2.75, 3.05) is 12.4 Å². The molecule has 8 heteroatoms. The van der Waals surface area contributed by atoms with Gasteiger partial charge in [0.2, 0.25) is 0 Å². The second-order valence-electron chi connectivity index (χ2n) is 4.37. The number of non-ortho nitro benzene ring substituents is 1. The summed E-state index contributed by atoms with van der Waals surface area (Å²) < 4.78 is 5.52. The molecule has 20 heavy (non-hydrogen) atoms. The molecule has 1 aliphatic rings. The van der Waals surface area contributed by atoms with E-state index < -0.39 is 4.92 Å². The molecule has 0 radical (unpaired) electrons. The van der Waals surface area contributed by atoms with Gasteiger partial charge in [-0.25, -0.2) is 0 Å². The summed E-state index contributed by atoms with van der Waals surface area (Å²) in [6.07, 6.45) is 2.26. The van der Waals surface area contributed by atoms with Crippen molar-refractivity contribution in [3.8, 4) is 0 Å². The second-order valence-corrected chi connectivity index (χ2v) is 5.43. The maximum absolute atomic E-state index is 10.8. The smallest absolute Gasteiger partial charge is 0.270 e. The maximum Gasteiger partial charge on any atom is 0.270 e. The lowest BCUT2D eigenvalue weighted by molar-refractivity contribution is -0.384. The fourth-order valence-electron chi connectivity index (χ4n) is 1.97. The number of nitrogens with two attached hydrogens (primary N) is 1. The van der Waals surface area contributed by atoms with Crippen molar-refractivity contribution < 1.29 is 14.9 Å². The third-order valence-corrected chi connectivity index (χ3v) is 4.21. The maximum atomic E-state index is 10.8. The second kappa shape index (κ2) is 6.58. The lowest BCUT2D eigenvalue weighted by Gasteiger charge is -2.11. The average molecular weight is 297 g/mol. The van der Waals surface area contributed by atoms with Crippen LogP contribution in [0.25, 0.3) is 0 Å². The van der Waals surface area contributed by atoms with Crippen LogP contribution in [-0.2, 0) is 4.74 Å². The standard InChI is InChI=1S/C12H15N3O4S/c13-12(14-16)10-6-8(15(17)18)3-4-11(10)20-7-9-2-1-5-19-9/h3-4,6,9,16H,1-2,5,7H2,(H2,13,14). The van der Waals surface area contributed by atoms with Crippen LogP contribution in [0.4, 0.5) is 5.69 Å². The number of oxime groups is 1. The van der Waals surface area contributed by atoms with Crippen LogP contribution < -0.4 is 5.73 Å². The van der Waals surface area contributed by atoms with E-state index in [4.69, 9.17) is 15.7 Å². The lowest BCUT2D eigenvalue weighted by Crippen LogP contribution is -2.15. The summed E-state index contributed by atoms with van der Waals surface area (Å²) in [6.45, 7) is 0.776. The molecular formula is C12H15N3O4S. The first-order valence-corrected chi connectivity index (χ1v) is 7.11. The quantitative estimate of drug-likeness (QED) is 0.215. The Morgan fingerprint density at radius 3 is 3.05 bits per heavy atom. The first kappa shape index (κ1) is 14.6. The van der Waals surface area contributed by atoms with Crippen LogP contribution in [0.1, 0.15) is 18.4 Å². The van der Waals surface area contributed by atoms with E-state index in [0.717, 1.165) is 30.1 Å². The van der Waals surface area contributed by atoms with Gasteiger partial charge < -0.3 is 15.7 Å². The summed E-state index contributed by atoms with van der Waals surface area (Å²) in [4.78, 5) is 11.0. The third-order valence-electron chi connectivity index (χ3n) is 3.01. The molecule has 1 saturated heterocycles. The van der Waals surface area contributed by atoms with E-state index in [1.54, 1.807) is 6.07 Å². The number of benzene rings is 1. The minimum absolute atomic E-state index is 0.0898. The summed E-state index contributed by atoms with van der Waals surface area (Å²) in [5, 5.41) is 22.5. The predicted molar refractivity (Wildman–Crippen MR) is 75.3 cm³/mol. The van der Waals surface area contributed by atoms with E-state index in [0.29, 0.717) is 5.56 Å². The molecule has 0 spiro atoms. The summed E-state index contributed by atoms with van der Waals surface area (Å²) in [6, 6.07) is 4.34. The molecule has 108 valence electrons. The van der Waals surface area contributed by atoms with E-state index in [1.165, 1.54) is 23.9 Å². The Labute approximate surface area is 119 Å². The van der Waals surface area contributed by atoms with Crippen LogP contribution >= 0.6 is 11.8 Å². The Hall–Kier alpha value is -1.80. The number of nitro groups is 1. The number of ether oxygens (including phenoxy) is 1. The molecular weight excluding hydrogens is 282 g/mol. The van der Waals surface area contributed by atoms with Crippen LogP contribution in [0.2, 0.25) is 0 Å². The van der Waals surface area contributed by atoms with Gasteiger partial charge in [0.05, 0.1) is 11.0 Å². The summed E-state index contributed by atoms with van der Waals surface area (Å²) in [5.41, 5.74) is 5.86. The molecule has 1 aromatic carbocycles. The number of nitrogens with zero attached hydrogens (tertiary/aromatic N) is 2. The lowest BCUT2D eigenvalue weighted by atomic mass is 10.2. The van der Waals surface area contributed by atoms with Crippen LogP contribution in [0, 0.1) is 10.1 Å². The Bertz CT molecular complexity index is 529. The van der Waals surface area contributed by atoms with Gasteiger partial charge >= 0.3 is 0 Å². The van der Waals surface area contributed by atoms with Gasteiger partial charge in [0.15, 0.2) is 5.84 Å². The number of hydrogen-bond donors (Lipinski definition) is 2. The molecule has 1 atom stereocenters. The summed E-state index contributed by atoms with van der Waals surface area (Å²) >= 11 is 1.49. The number of hydrogen-bond acceptors (Lipinski definition) is 6. The minimum atomic E-state index is -0.511. The van der Waals surface area contributed by atoms with Crippen molar-refractivity contribution in [3.63, 3.8) is 0 Å². The molecule has 1 fully saturated rings. The average Bonchev–Trinajstić information content (AvgIpc) is 2.97. The molecule has 0 aromatic heterocycles. The molecule has 3 N–H and O–H groups in total. The van der Waals surface area contributed by atoms with Crippen LogP contribution in [0.5, 0.6) is 0 Å². The van der Waals surface area contributed by atoms with Gasteiger partial charge in [-0.3, -0.25) is 10.1 Å². The van der Waals surface area contributed by atoms with Crippen molar-refractivity contribution in [2.45, 2.75) is 23.8 Å². The van der Waals surface area contributed by atoms with Crippen molar-refractivity contribution in [3.05, 3.63) is 33.9 Å². The first-order valence-electron chi connectivity index (χ1n) is 6.12. The molecule has 0 saturated carbocycles. The zero-order valence-corrected chi connectivity index (χ0v) is 11.5. The van der Waals surface area contributed by atoms with Gasteiger partial charge in [-0.05, 0) is 18.9 Å². The summed E-state index contributed by atoms with van der Waals surface area (Å²) in [5.74, 6) is 0.604. The van der Waals surface area contributed by atoms with Crippen LogP contribution in [-0.4, -0.2) is 34.4 Å². The number of thioether (sulfide) groups is 1. The van der Waals surface area contributed by atoms with Gasteiger partial charge in [-0.2, -0.15) is 0 Å². The van der Waals surface area contributed by atoms with Crippen molar-refractivity contribution in [1.82, 2.24) is 0 Å². The van der Waals surface area contributed by atoms with Crippen molar-refractivity contribution in [1.29, 1.82) is 0 Å². The summed E-state index contributed by atoms with van der Waals surface area (Å²) in [7, 11) is 0. The third kappa shape index (κ3) is 3.40. The molecule has 1 aromatic rings. The molecule has 7 nitrogen and oxygen atoms in total. The van der Waals surface area contributed by atoms with E-state index in [9.17, 15) is 10.1 Å². The van der Waals surface area contributed by atoms with Crippen molar-refractivity contribution in [2.24, 2.45) is 10.9 Å². The Kier molecular flexibility index (Phi) is 4.80. The van der Waals surface area contributed by atoms with Crippen LogP contribution in [0.15, 0.2) is 28.3 Å². The van der Waals surface area contributed by atoms with Gasteiger partial charge in [0, 0.05) is 35.0 Å². The minimum Gasteiger partial charge on any atom is -0.409 e. The molecule has 1 unspecified atom stereocenters. The largest absolute Gasteiger partial charge is 0.409 e. The van der Waals surface area contributed by atoms with Gasteiger partial charge in [0.1, 0.15) is 0 Å². The Morgan fingerprint density at radius 2 is 2.45 bits per heavy atom. The fourth-order valence-corrected chi connectivity index (χ4v) is 3.08. The molecule has 0 aliphatic carbocycles. The molecule has 0 bridgehead atoms. The zero-order chi connectivity index (χ0) is 14.5. The highest BCUT2D eigenvalue weighted by molar-refractivity contribution is 7.99. The highest BCUT2D eigenvalue weighted by Crippen LogP contribution is 2.29. The number of nitro benzene ring substituents is 1. The van der Waals surface area contributed by atoms with Gasteiger partial charge in [-0.1, -0.05) is 5.16 Å². The zero-order valence-electron chi connectivity index (χ0n) is 10.7. The predicted octanol–water partition coefficient (Wildman–Crippen LogP) is 1.96. The topological polar surface area (TPSA) is 111 Å². The number of rotatable bonds is 5. The van der Waals surface area contributed by atoms with E-state index >= 15 is 0 Å². The van der Waals surface area contributed by atoms with E-state index in [-0.39, 0.29) is 17.6 Å². The van der Waals surface area contributed by atoms with E-state index in [2.05, 4.69) is 5.16 Å². The van der Waals surface area contributed by atoms with E-state index in [1.807, 2.05) is 0 Å². The highest BCUT2D eigenvalue weighted by atomic mass is 32.2. The highest BCUT2D eigenvalue weighted by Gasteiger charge is 2.19. The first-order chi connectivity index (χ1) is 9.61. The molecule has 0 amide bonds. The fraction of sp³-hybridized carbons (Fsp3) is 0.417. The monoisotopic (exact) mass is 297 g/mol. The number of amidine groups is 1. The van der Waals surface area contributed by atoms with Gasteiger partial charge in [-0.15, -0.1) is 11.8 Å². The van der Waals surface area contributed by atoms with Gasteiger partial charge in [0.25, 0.3) is 5.69 Å². The molecule has 1 aliphatic heterocycles. The Balaban J connectivity index is 2.19. The van der Waals surface area contributed by atoms with Crippen LogP contribution in [0.3, 0.4) is 0 Å². The van der Waals surface area contributed by atoms with Crippen molar-refractivity contribution >= 4 is 23.3 Å². The molecule has 2 rings (SSSR count). The Morgan fingerprint density at radius 1 is 1.65 bits per heavy atom.